The van der Waals surface area contributed by atoms with Crippen LogP contribution >= 0.6 is 0 Å². The second-order valence-corrected chi connectivity index (χ2v) is 5.26. The van der Waals surface area contributed by atoms with Crippen molar-refractivity contribution in [3.8, 4) is 0 Å². The first-order chi connectivity index (χ1) is 4.93. The Bertz CT molecular complexity index is 127. The van der Waals surface area contributed by atoms with Crippen LogP contribution in [-0.4, -0.2) is 4.43 Å². The van der Waals surface area contributed by atoms with E-state index >= 15 is 0 Å². The standard InChI is InChI=1S/C9H14I/c1-2-10-8-9-6-4-3-5-7-9/h2-4,9H,1,5-8H2/q-1/t9-/m0/s1. The Morgan fingerprint density at radius 2 is 2.50 bits per heavy atom. The Labute approximate surface area is 73.7 Å². The van der Waals surface area contributed by atoms with Crippen LogP contribution in [0.1, 0.15) is 19.3 Å². The Morgan fingerprint density at radius 3 is 3.10 bits per heavy atom. The van der Waals surface area contributed by atoms with Gasteiger partial charge in [0.25, 0.3) is 0 Å². The van der Waals surface area contributed by atoms with Crippen molar-refractivity contribution < 1.29 is 21.2 Å². The second-order valence-electron chi connectivity index (χ2n) is 2.61. The van der Waals surface area contributed by atoms with E-state index in [1.165, 1.54) is 23.7 Å². The topological polar surface area (TPSA) is 0 Å². The number of alkyl halides is 1. The summed E-state index contributed by atoms with van der Waals surface area (Å²) >= 11 is 0.333. The molecule has 0 saturated carbocycles. The van der Waals surface area contributed by atoms with E-state index in [1.807, 2.05) is 0 Å². The summed E-state index contributed by atoms with van der Waals surface area (Å²) in [4.78, 5) is 0. The van der Waals surface area contributed by atoms with Gasteiger partial charge >= 0.3 is 73.6 Å². The molecular weight excluding hydrogens is 235 g/mol. The van der Waals surface area contributed by atoms with Gasteiger partial charge in [0.15, 0.2) is 0 Å². The predicted molar refractivity (Wildman–Crippen MR) is 41.5 cm³/mol. The molecule has 0 aliphatic heterocycles. The van der Waals surface area contributed by atoms with E-state index in [9.17, 15) is 0 Å². The molecule has 0 radical (unpaired) electrons. The summed E-state index contributed by atoms with van der Waals surface area (Å²) in [5.74, 6) is 0.996. The number of halogens is 1. The monoisotopic (exact) mass is 249 g/mol. The fourth-order valence-electron chi connectivity index (χ4n) is 1.19. The molecule has 0 nitrogen and oxygen atoms in total. The third-order valence-corrected chi connectivity index (χ3v) is 4.17. The third-order valence-electron chi connectivity index (χ3n) is 1.79. The van der Waals surface area contributed by atoms with Gasteiger partial charge in [-0.3, -0.25) is 0 Å². The van der Waals surface area contributed by atoms with Crippen LogP contribution in [0, 0.1) is 5.92 Å². The van der Waals surface area contributed by atoms with Crippen molar-refractivity contribution in [1.29, 1.82) is 0 Å². The second kappa shape index (κ2) is 4.94. The predicted octanol–water partition coefficient (Wildman–Crippen LogP) is -0.425. The molecule has 0 aromatic carbocycles. The number of hydrogen-bond acceptors (Lipinski definition) is 0. The van der Waals surface area contributed by atoms with Gasteiger partial charge in [-0.2, -0.15) is 0 Å². The van der Waals surface area contributed by atoms with E-state index in [2.05, 4.69) is 22.8 Å². The van der Waals surface area contributed by atoms with Crippen LogP contribution in [0.15, 0.2) is 22.8 Å². The molecular formula is C9H14I-. The summed E-state index contributed by atoms with van der Waals surface area (Å²) in [6.45, 7) is 3.78. The zero-order valence-electron chi connectivity index (χ0n) is 6.22. The van der Waals surface area contributed by atoms with Gasteiger partial charge in [-0.1, -0.05) is 0 Å². The molecule has 1 atom stereocenters. The Balaban J connectivity index is 2.15. The fraction of sp³-hybridized carbons (Fsp3) is 0.556. The van der Waals surface area contributed by atoms with E-state index in [0.717, 1.165) is 5.92 Å². The van der Waals surface area contributed by atoms with Crippen LogP contribution in [0.3, 0.4) is 0 Å². The van der Waals surface area contributed by atoms with Crippen molar-refractivity contribution in [3.05, 3.63) is 22.8 Å². The van der Waals surface area contributed by atoms with Crippen molar-refractivity contribution in [2.45, 2.75) is 19.3 Å². The molecule has 0 bridgehead atoms. The van der Waals surface area contributed by atoms with E-state index in [0.29, 0.717) is 21.2 Å². The van der Waals surface area contributed by atoms with Crippen LogP contribution in [0.4, 0.5) is 0 Å². The minimum atomic E-state index is 0.333. The zero-order chi connectivity index (χ0) is 7.23. The van der Waals surface area contributed by atoms with Gasteiger partial charge in [0.2, 0.25) is 0 Å². The molecule has 0 fully saturated rings. The summed E-state index contributed by atoms with van der Waals surface area (Å²) in [5, 5.41) is 0. The molecule has 0 aromatic rings. The van der Waals surface area contributed by atoms with Crippen LogP contribution in [0.2, 0.25) is 0 Å². The Morgan fingerprint density at radius 1 is 1.60 bits per heavy atom. The molecule has 1 aliphatic carbocycles. The first-order valence-electron chi connectivity index (χ1n) is 3.77. The van der Waals surface area contributed by atoms with Crippen molar-refractivity contribution in [3.63, 3.8) is 0 Å². The number of rotatable bonds is 3. The molecule has 0 spiro atoms. The molecule has 0 heterocycles. The fourth-order valence-corrected chi connectivity index (χ4v) is 3.06. The maximum atomic E-state index is 3.78. The van der Waals surface area contributed by atoms with Crippen molar-refractivity contribution in [2.24, 2.45) is 5.92 Å². The number of hydrogen-bond donors (Lipinski definition) is 0. The van der Waals surface area contributed by atoms with Crippen LogP contribution in [0.5, 0.6) is 0 Å². The Kier molecular flexibility index (Phi) is 4.10. The first-order valence-corrected chi connectivity index (χ1v) is 6.54. The molecule has 0 N–H and O–H groups in total. The van der Waals surface area contributed by atoms with Gasteiger partial charge in [0.1, 0.15) is 0 Å². The average molecular weight is 249 g/mol. The number of allylic oxidation sites excluding steroid dienone is 2. The molecule has 0 saturated heterocycles. The van der Waals surface area contributed by atoms with Crippen LogP contribution in [0.25, 0.3) is 0 Å². The van der Waals surface area contributed by atoms with Crippen molar-refractivity contribution >= 4 is 0 Å². The molecule has 0 amide bonds. The van der Waals surface area contributed by atoms with E-state index in [4.69, 9.17) is 0 Å². The van der Waals surface area contributed by atoms with Gasteiger partial charge in [-0.05, 0) is 0 Å². The van der Waals surface area contributed by atoms with E-state index in [-0.39, 0.29) is 0 Å². The summed E-state index contributed by atoms with van der Waals surface area (Å²) in [5.41, 5.74) is 0. The zero-order valence-corrected chi connectivity index (χ0v) is 8.38. The van der Waals surface area contributed by atoms with Gasteiger partial charge in [-0.25, -0.2) is 0 Å². The molecule has 1 heteroatoms. The summed E-state index contributed by atoms with van der Waals surface area (Å²) in [6.07, 6.45) is 8.70. The maximum absolute atomic E-state index is 3.78. The van der Waals surface area contributed by atoms with Gasteiger partial charge in [0.05, 0.1) is 0 Å². The normalized spacial score (nSPS) is 25.0. The first kappa shape index (κ1) is 8.31. The van der Waals surface area contributed by atoms with Crippen molar-refractivity contribution in [2.75, 3.05) is 4.43 Å². The summed E-state index contributed by atoms with van der Waals surface area (Å²) < 4.78 is 3.59. The summed E-state index contributed by atoms with van der Waals surface area (Å²) in [6, 6.07) is 0. The van der Waals surface area contributed by atoms with Gasteiger partial charge < -0.3 is 0 Å². The van der Waals surface area contributed by atoms with Crippen LogP contribution < -0.4 is 21.2 Å². The Hall–Kier alpha value is 0.210. The molecule has 10 heavy (non-hydrogen) atoms. The molecule has 1 aliphatic rings. The van der Waals surface area contributed by atoms with Gasteiger partial charge in [-0.15, -0.1) is 0 Å². The quantitative estimate of drug-likeness (QED) is 0.362. The molecule has 1 rings (SSSR count). The summed E-state index contributed by atoms with van der Waals surface area (Å²) in [7, 11) is 0. The van der Waals surface area contributed by atoms with E-state index < -0.39 is 0 Å². The SMILES string of the molecule is C=C[I-]C[C@H]1CC=CCC1. The average Bonchev–Trinajstić information content (AvgIpc) is 2.03. The minimum absolute atomic E-state index is 0.333. The molecule has 0 unspecified atom stereocenters. The molecule has 58 valence electrons. The van der Waals surface area contributed by atoms with E-state index in [1.54, 1.807) is 0 Å². The van der Waals surface area contributed by atoms with Crippen molar-refractivity contribution in [1.82, 2.24) is 0 Å². The third kappa shape index (κ3) is 2.86. The van der Waals surface area contributed by atoms with Crippen LogP contribution in [-0.2, 0) is 0 Å². The molecule has 0 aromatic heterocycles. The van der Waals surface area contributed by atoms with Gasteiger partial charge in [0, 0.05) is 0 Å².